The highest BCUT2D eigenvalue weighted by atomic mass is 16.2. The van der Waals surface area contributed by atoms with E-state index in [9.17, 15) is 9.59 Å². The van der Waals surface area contributed by atoms with Gasteiger partial charge >= 0.3 is 0 Å². The van der Waals surface area contributed by atoms with E-state index in [0.717, 1.165) is 37.1 Å². The Morgan fingerprint density at radius 2 is 1.74 bits per heavy atom. The number of piperidine rings is 1. The largest absolute Gasteiger partial charge is 0.336 e. The number of hydrazine groups is 1. The fraction of sp³-hybridized carbons (Fsp3) is 0.333. The van der Waals surface area contributed by atoms with E-state index < -0.39 is 6.04 Å². The molecule has 1 heterocycles. The molecule has 0 bridgehead atoms. The van der Waals surface area contributed by atoms with Crippen LogP contribution in [0.5, 0.6) is 0 Å². The Balaban J connectivity index is 1.77. The van der Waals surface area contributed by atoms with Crippen LogP contribution in [0.3, 0.4) is 0 Å². The van der Waals surface area contributed by atoms with Gasteiger partial charge in [-0.3, -0.25) is 15.0 Å². The van der Waals surface area contributed by atoms with Crippen molar-refractivity contribution in [2.45, 2.75) is 31.8 Å². The third-order valence-electron chi connectivity index (χ3n) is 4.72. The molecular formula is C21H26N4O2. The lowest BCUT2D eigenvalue weighted by molar-refractivity contribution is -0.128. The zero-order valence-corrected chi connectivity index (χ0v) is 15.4. The molecule has 1 fully saturated rings. The van der Waals surface area contributed by atoms with Crippen molar-refractivity contribution in [2.24, 2.45) is 5.73 Å². The Morgan fingerprint density at radius 3 is 2.44 bits per heavy atom. The smallest absolute Gasteiger partial charge is 0.261 e. The second-order valence-corrected chi connectivity index (χ2v) is 6.75. The van der Waals surface area contributed by atoms with Crippen molar-refractivity contribution >= 4 is 11.8 Å². The highest BCUT2D eigenvalue weighted by molar-refractivity contribution is 5.97. The van der Waals surface area contributed by atoms with Gasteiger partial charge in [0.15, 0.2) is 0 Å². The van der Waals surface area contributed by atoms with Crippen LogP contribution in [0.15, 0.2) is 54.6 Å². The Bertz CT molecular complexity index is 773. The van der Waals surface area contributed by atoms with Gasteiger partial charge in [0.05, 0.1) is 0 Å². The van der Waals surface area contributed by atoms with E-state index in [4.69, 9.17) is 5.73 Å². The van der Waals surface area contributed by atoms with Crippen molar-refractivity contribution in [2.75, 3.05) is 13.1 Å². The maximum atomic E-state index is 12.9. The molecule has 27 heavy (non-hydrogen) atoms. The number of hydrogen-bond acceptors (Lipinski definition) is 4. The van der Waals surface area contributed by atoms with Crippen molar-refractivity contribution in [1.29, 1.82) is 0 Å². The number of rotatable bonds is 6. The summed E-state index contributed by atoms with van der Waals surface area (Å²) in [5.74, 6) is -0.528. The summed E-state index contributed by atoms with van der Waals surface area (Å²) in [4.78, 5) is 25.7. The molecule has 0 aliphatic carbocycles. The van der Waals surface area contributed by atoms with E-state index in [2.05, 4.69) is 10.7 Å². The van der Waals surface area contributed by atoms with Gasteiger partial charge in [0.2, 0.25) is 0 Å². The molecule has 1 aliphatic heterocycles. The molecule has 6 heteroatoms. The average molecular weight is 366 g/mol. The van der Waals surface area contributed by atoms with Crippen LogP contribution in [0.1, 0.15) is 46.8 Å². The van der Waals surface area contributed by atoms with Crippen molar-refractivity contribution in [3.8, 4) is 0 Å². The number of amides is 2. The summed E-state index contributed by atoms with van der Waals surface area (Å²) in [5.41, 5.74) is 10.7. The van der Waals surface area contributed by atoms with E-state index >= 15 is 0 Å². The molecule has 1 saturated heterocycles. The van der Waals surface area contributed by atoms with E-state index in [1.54, 1.807) is 18.2 Å². The third-order valence-corrected chi connectivity index (χ3v) is 4.72. The predicted octanol–water partition coefficient (Wildman–Crippen LogP) is 2.13. The SMILES string of the molecule is NCc1cccc(C(=O)NC(C(=O)NN2CCCCC2)c2ccccc2)c1. The monoisotopic (exact) mass is 366 g/mol. The quantitative estimate of drug-likeness (QED) is 0.731. The second-order valence-electron chi connectivity index (χ2n) is 6.75. The van der Waals surface area contributed by atoms with Gasteiger partial charge in [0.1, 0.15) is 6.04 Å². The molecule has 3 rings (SSSR count). The topological polar surface area (TPSA) is 87.5 Å². The number of carbonyl (C=O) groups excluding carboxylic acids is 2. The Hall–Kier alpha value is -2.70. The summed E-state index contributed by atoms with van der Waals surface area (Å²) in [6, 6.07) is 15.7. The van der Waals surface area contributed by atoms with Crippen LogP contribution in [0.2, 0.25) is 0 Å². The van der Waals surface area contributed by atoms with E-state index in [-0.39, 0.29) is 11.8 Å². The average Bonchev–Trinajstić information content (AvgIpc) is 2.73. The van der Waals surface area contributed by atoms with E-state index in [1.165, 1.54) is 6.42 Å². The Labute approximate surface area is 159 Å². The van der Waals surface area contributed by atoms with Crippen molar-refractivity contribution < 1.29 is 9.59 Å². The molecular weight excluding hydrogens is 340 g/mol. The lowest BCUT2D eigenvalue weighted by atomic mass is 10.0. The fourth-order valence-corrected chi connectivity index (χ4v) is 3.23. The molecule has 0 aromatic heterocycles. The summed E-state index contributed by atoms with van der Waals surface area (Å²) in [7, 11) is 0. The zero-order valence-electron chi connectivity index (χ0n) is 15.4. The Morgan fingerprint density at radius 1 is 1.00 bits per heavy atom. The van der Waals surface area contributed by atoms with E-state index in [1.807, 2.05) is 41.4 Å². The summed E-state index contributed by atoms with van der Waals surface area (Å²) in [6.07, 6.45) is 3.31. The molecule has 0 saturated carbocycles. The third kappa shape index (κ3) is 5.15. The summed E-state index contributed by atoms with van der Waals surface area (Å²) >= 11 is 0. The van der Waals surface area contributed by atoms with Gasteiger partial charge in [-0.25, -0.2) is 5.01 Å². The molecule has 2 aromatic carbocycles. The van der Waals surface area contributed by atoms with Gasteiger partial charge in [-0.15, -0.1) is 0 Å². The number of benzene rings is 2. The van der Waals surface area contributed by atoms with Crippen LogP contribution in [-0.4, -0.2) is 29.9 Å². The molecule has 4 N–H and O–H groups in total. The number of nitrogens with two attached hydrogens (primary N) is 1. The number of nitrogens with one attached hydrogen (secondary N) is 2. The first-order chi connectivity index (χ1) is 13.2. The van der Waals surface area contributed by atoms with Gasteiger partial charge in [-0.2, -0.15) is 0 Å². The number of carbonyl (C=O) groups is 2. The molecule has 1 atom stereocenters. The second kappa shape index (κ2) is 9.30. The molecule has 0 radical (unpaired) electrons. The molecule has 142 valence electrons. The number of nitrogens with zero attached hydrogens (tertiary/aromatic N) is 1. The van der Waals surface area contributed by atoms with Crippen molar-refractivity contribution in [3.05, 3.63) is 71.3 Å². The van der Waals surface area contributed by atoms with Crippen LogP contribution in [0.4, 0.5) is 0 Å². The van der Waals surface area contributed by atoms with Crippen LogP contribution >= 0.6 is 0 Å². The normalized spacial score (nSPS) is 15.7. The minimum absolute atomic E-state index is 0.230. The summed E-state index contributed by atoms with van der Waals surface area (Å²) in [6.45, 7) is 2.03. The molecule has 2 amide bonds. The highest BCUT2D eigenvalue weighted by Crippen LogP contribution is 2.16. The van der Waals surface area contributed by atoms with Crippen molar-refractivity contribution in [1.82, 2.24) is 15.8 Å². The molecule has 1 unspecified atom stereocenters. The number of hydrogen-bond donors (Lipinski definition) is 3. The lowest BCUT2D eigenvalue weighted by Crippen LogP contribution is -2.50. The predicted molar refractivity (Wildman–Crippen MR) is 105 cm³/mol. The Kier molecular flexibility index (Phi) is 6.57. The van der Waals surface area contributed by atoms with Crippen LogP contribution < -0.4 is 16.5 Å². The van der Waals surface area contributed by atoms with Gasteiger partial charge in [0.25, 0.3) is 11.8 Å². The molecule has 1 aliphatic rings. The van der Waals surface area contributed by atoms with Crippen LogP contribution in [0, 0.1) is 0 Å². The molecule has 6 nitrogen and oxygen atoms in total. The van der Waals surface area contributed by atoms with Crippen LogP contribution in [0.25, 0.3) is 0 Å². The fourth-order valence-electron chi connectivity index (χ4n) is 3.23. The minimum Gasteiger partial charge on any atom is -0.336 e. The zero-order chi connectivity index (χ0) is 19.1. The summed E-state index contributed by atoms with van der Waals surface area (Å²) in [5, 5.41) is 4.81. The van der Waals surface area contributed by atoms with Gasteiger partial charge in [-0.05, 0) is 36.1 Å². The molecule has 2 aromatic rings. The first-order valence-electron chi connectivity index (χ1n) is 9.37. The molecule has 0 spiro atoms. The standard InChI is InChI=1S/C21H26N4O2/c22-15-16-8-7-11-18(14-16)20(26)23-19(17-9-3-1-4-10-17)21(27)24-25-12-5-2-6-13-25/h1,3-4,7-11,14,19H,2,5-6,12-13,15,22H2,(H,23,26)(H,24,27). The van der Waals surface area contributed by atoms with Gasteiger partial charge < -0.3 is 11.1 Å². The maximum Gasteiger partial charge on any atom is 0.261 e. The maximum absolute atomic E-state index is 12.9. The van der Waals surface area contributed by atoms with E-state index in [0.29, 0.717) is 12.1 Å². The first-order valence-corrected chi connectivity index (χ1v) is 9.37. The van der Waals surface area contributed by atoms with Gasteiger partial charge in [-0.1, -0.05) is 48.9 Å². The first kappa shape index (κ1) is 19.1. The lowest BCUT2D eigenvalue weighted by Gasteiger charge is -2.29. The van der Waals surface area contributed by atoms with Crippen molar-refractivity contribution in [3.63, 3.8) is 0 Å². The van der Waals surface area contributed by atoms with Gasteiger partial charge in [0, 0.05) is 25.2 Å². The van der Waals surface area contributed by atoms with Crippen LogP contribution in [-0.2, 0) is 11.3 Å². The summed E-state index contributed by atoms with van der Waals surface area (Å²) < 4.78 is 0. The minimum atomic E-state index is -0.762. The highest BCUT2D eigenvalue weighted by Gasteiger charge is 2.25.